The Hall–Kier alpha value is -0.680. The van der Waals surface area contributed by atoms with Crippen LogP contribution in [0.5, 0.6) is 0 Å². The quantitative estimate of drug-likeness (QED) is 0.698. The largest absolute Gasteiger partial charge is 0.360 e. The van der Waals surface area contributed by atoms with Crippen molar-refractivity contribution in [3.8, 4) is 0 Å². The molecule has 3 N–H and O–H groups in total. The molecule has 1 aromatic rings. The van der Waals surface area contributed by atoms with Crippen molar-refractivity contribution in [2.45, 2.75) is 38.0 Å². The molecule has 1 fully saturated rings. The Kier molecular flexibility index (Phi) is 3.91. The molecule has 1 heterocycles. The molecule has 15 heavy (non-hydrogen) atoms. The predicted octanol–water partition coefficient (Wildman–Crippen LogP) is 1.96. The van der Waals surface area contributed by atoms with Gasteiger partial charge in [-0.15, -0.1) is 0 Å². The lowest BCUT2D eigenvalue weighted by Gasteiger charge is -2.00. The number of hydrogen-bond donors (Lipinski definition) is 2. The van der Waals surface area contributed by atoms with Crippen molar-refractivity contribution in [1.29, 1.82) is 0 Å². The van der Waals surface area contributed by atoms with Crippen LogP contribution in [0, 0.1) is 0 Å². The molecule has 1 aromatic heterocycles. The molecule has 84 valence electrons. The van der Waals surface area contributed by atoms with Crippen molar-refractivity contribution >= 4 is 16.7 Å². The second kappa shape index (κ2) is 5.42. The van der Waals surface area contributed by atoms with Gasteiger partial charge in [0, 0.05) is 24.0 Å². The fourth-order valence-corrected chi connectivity index (χ4v) is 2.13. The zero-order chi connectivity index (χ0) is 10.5. The molecule has 4 nitrogen and oxygen atoms in total. The van der Waals surface area contributed by atoms with Gasteiger partial charge in [0.05, 0.1) is 0 Å². The van der Waals surface area contributed by atoms with Crippen LogP contribution in [0.25, 0.3) is 0 Å². The van der Waals surface area contributed by atoms with Gasteiger partial charge < -0.3 is 11.1 Å². The van der Waals surface area contributed by atoms with Crippen molar-refractivity contribution in [3.05, 3.63) is 5.82 Å². The second-order valence-corrected chi connectivity index (χ2v) is 4.76. The number of nitrogens with one attached hydrogen (secondary N) is 1. The maximum absolute atomic E-state index is 5.42. The minimum atomic E-state index is 0.661. The van der Waals surface area contributed by atoms with E-state index >= 15 is 0 Å². The van der Waals surface area contributed by atoms with Gasteiger partial charge >= 0.3 is 0 Å². The molecule has 1 aliphatic carbocycles. The summed E-state index contributed by atoms with van der Waals surface area (Å²) in [6.07, 6.45) is 6.01. The van der Waals surface area contributed by atoms with Gasteiger partial charge in [-0.1, -0.05) is 6.42 Å². The summed E-state index contributed by atoms with van der Waals surface area (Å²) in [5.41, 5.74) is 5.42. The van der Waals surface area contributed by atoms with Crippen LogP contribution in [0.4, 0.5) is 5.13 Å². The summed E-state index contributed by atoms with van der Waals surface area (Å²) in [6, 6.07) is 0. The number of rotatable bonds is 7. The van der Waals surface area contributed by atoms with Gasteiger partial charge in [-0.3, -0.25) is 0 Å². The van der Waals surface area contributed by atoms with Crippen molar-refractivity contribution < 1.29 is 0 Å². The number of nitrogens with zero attached hydrogens (tertiary/aromatic N) is 2. The zero-order valence-electron chi connectivity index (χ0n) is 8.91. The average molecular weight is 226 g/mol. The summed E-state index contributed by atoms with van der Waals surface area (Å²) in [5, 5.41) is 4.29. The molecule has 0 aliphatic heterocycles. The summed E-state index contributed by atoms with van der Waals surface area (Å²) in [6.45, 7) is 1.78. The van der Waals surface area contributed by atoms with E-state index in [0.29, 0.717) is 5.92 Å². The predicted molar refractivity (Wildman–Crippen MR) is 63.3 cm³/mol. The molecular formula is C10H18N4S. The highest BCUT2D eigenvalue weighted by Crippen LogP contribution is 2.39. The first-order valence-corrected chi connectivity index (χ1v) is 6.45. The van der Waals surface area contributed by atoms with E-state index in [1.807, 2.05) is 0 Å². The smallest absolute Gasteiger partial charge is 0.202 e. The van der Waals surface area contributed by atoms with E-state index in [0.717, 1.165) is 36.9 Å². The van der Waals surface area contributed by atoms with Crippen molar-refractivity contribution in [3.63, 3.8) is 0 Å². The monoisotopic (exact) mass is 226 g/mol. The second-order valence-electron chi connectivity index (χ2n) is 4.01. The average Bonchev–Trinajstić information content (AvgIpc) is 2.99. The molecule has 0 radical (unpaired) electrons. The Morgan fingerprint density at radius 3 is 2.93 bits per heavy atom. The van der Waals surface area contributed by atoms with Crippen LogP contribution in [0.3, 0.4) is 0 Å². The van der Waals surface area contributed by atoms with Gasteiger partial charge in [0.25, 0.3) is 0 Å². The van der Waals surface area contributed by atoms with E-state index in [4.69, 9.17) is 5.73 Å². The van der Waals surface area contributed by atoms with Crippen LogP contribution in [-0.2, 0) is 0 Å². The van der Waals surface area contributed by atoms with Gasteiger partial charge in [-0.2, -0.15) is 4.37 Å². The highest BCUT2D eigenvalue weighted by molar-refractivity contribution is 7.09. The molecule has 0 atom stereocenters. The van der Waals surface area contributed by atoms with E-state index in [1.165, 1.54) is 30.8 Å². The number of anilines is 1. The highest BCUT2D eigenvalue weighted by Gasteiger charge is 2.27. The lowest BCUT2D eigenvalue weighted by Crippen LogP contribution is -2.03. The normalized spacial score (nSPS) is 15.5. The van der Waals surface area contributed by atoms with Crippen LogP contribution in [-0.4, -0.2) is 22.4 Å². The van der Waals surface area contributed by atoms with Crippen LogP contribution in [0.15, 0.2) is 0 Å². The van der Waals surface area contributed by atoms with E-state index < -0.39 is 0 Å². The Morgan fingerprint density at radius 2 is 2.20 bits per heavy atom. The Morgan fingerprint density at radius 1 is 1.33 bits per heavy atom. The third-order valence-corrected chi connectivity index (χ3v) is 3.23. The lowest BCUT2D eigenvalue weighted by atomic mass is 10.2. The molecule has 1 saturated carbocycles. The fraction of sp³-hybridized carbons (Fsp3) is 0.800. The highest BCUT2D eigenvalue weighted by atomic mass is 32.1. The van der Waals surface area contributed by atoms with Crippen molar-refractivity contribution in [2.75, 3.05) is 18.4 Å². The van der Waals surface area contributed by atoms with Gasteiger partial charge in [0.1, 0.15) is 5.82 Å². The fourth-order valence-electron chi connectivity index (χ4n) is 1.46. The van der Waals surface area contributed by atoms with E-state index in [1.54, 1.807) is 0 Å². The summed E-state index contributed by atoms with van der Waals surface area (Å²) in [5.74, 6) is 1.71. The Balaban J connectivity index is 1.64. The summed E-state index contributed by atoms with van der Waals surface area (Å²) in [7, 11) is 0. The molecule has 0 aromatic carbocycles. The third-order valence-electron chi connectivity index (χ3n) is 2.54. The maximum atomic E-state index is 5.42. The topological polar surface area (TPSA) is 63.8 Å². The van der Waals surface area contributed by atoms with Crippen LogP contribution in [0.1, 0.15) is 43.8 Å². The first kappa shape index (κ1) is 10.8. The Labute approximate surface area is 94.5 Å². The van der Waals surface area contributed by atoms with E-state index in [2.05, 4.69) is 14.7 Å². The molecule has 0 saturated heterocycles. The minimum Gasteiger partial charge on any atom is -0.360 e. The van der Waals surface area contributed by atoms with E-state index in [9.17, 15) is 0 Å². The van der Waals surface area contributed by atoms with Crippen LogP contribution >= 0.6 is 11.5 Å². The molecule has 1 aliphatic rings. The molecule has 0 bridgehead atoms. The molecule has 5 heteroatoms. The maximum Gasteiger partial charge on any atom is 0.202 e. The molecule has 0 amide bonds. The first-order valence-electron chi connectivity index (χ1n) is 5.67. The van der Waals surface area contributed by atoms with Gasteiger partial charge in [0.15, 0.2) is 0 Å². The number of hydrogen-bond acceptors (Lipinski definition) is 5. The number of aromatic nitrogens is 2. The van der Waals surface area contributed by atoms with Gasteiger partial charge in [-0.05, 0) is 32.2 Å². The Bertz CT molecular complexity index is 295. The van der Waals surface area contributed by atoms with Crippen LogP contribution in [0.2, 0.25) is 0 Å². The third kappa shape index (κ3) is 3.43. The standard InChI is InChI=1S/C10H18N4S/c11-6-2-1-3-7-12-10-13-9(14-15-10)8-4-5-8/h8H,1-7,11H2,(H,12,13,14). The number of unbranched alkanes of at least 4 members (excludes halogenated alkanes) is 2. The summed E-state index contributed by atoms with van der Waals surface area (Å²) < 4.78 is 4.34. The molecule has 2 rings (SSSR count). The zero-order valence-corrected chi connectivity index (χ0v) is 9.72. The van der Waals surface area contributed by atoms with Crippen molar-refractivity contribution in [1.82, 2.24) is 9.36 Å². The van der Waals surface area contributed by atoms with E-state index in [-0.39, 0.29) is 0 Å². The summed E-state index contributed by atoms with van der Waals surface area (Å²) >= 11 is 1.48. The first-order chi connectivity index (χ1) is 7.40. The van der Waals surface area contributed by atoms with Gasteiger partial charge in [-0.25, -0.2) is 4.98 Å². The molecular weight excluding hydrogens is 208 g/mol. The van der Waals surface area contributed by atoms with Gasteiger partial charge in [0.2, 0.25) is 5.13 Å². The minimum absolute atomic E-state index is 0.661. The number of nitrogens with two attached hydrogens (primary N) is 1. The SMILES string of the molecule is NCCCCCNc1nc(C2CC2)ns1. The molecule has 0 unspecified atom stereocenters. The molecule has 0 spiro atoms. The van der Waals surface area contributed by atoms with Crippen LogP contribution < -0.4 is 11.1 Å². The summed E-state index contributed by atoms with van der Waals surface area (Å²) in [4.78, 5) is 4.46. The van der Waals surface area contributed by atoms with Crippen molar-refractivity contribution in [2.24, 2.45) is 5.73 Å². The lowest BCUT2D eigenvalue weighted by molar-refractivity contribution is 0.707.